The van der Waals surface area contributed by atoms with Crippen LogP contribution in [0.3, 0.4) is 0 Å². The zero-order valence-electron chi connectivity index (χ0n) is 14.8. The standard InChI is InChI=1S/C19H23NO4S/c1-13-9-15(11-20(2)19(13)21)17-10-16(25(3,22)23)7-8-18(17)24-12-14-5-4-6-14/h7-11,14H,4-6,12H2,1-3H3. The van der Waals surface area contributed by atoms with Gasteiger partial charge in [-0.25, -0.2) is 8.42 Å². The summed E-state index contributed by atoms with van der Waals surface area (Å²) in [5.41, 5.74) is 2.00. The van der Waals surface area contributed by atoms with Crippen LogP contribution in [0.4, 0.5) is 0 Å². The number of hydrogen-bond donors (Lipinski definition) is 0. The third-order valence-electron chi connectivity index (χ3n) is 4.75. The van der Waals surface area contributed by atoms with Crippen molar-refractivity contribution in [2.75, 3.05) is 12.9 Å². The maximum absolute atomic E-state index is 12.0. The Balaban J connectivity index is 2.07. The van der Waals surface area contributed by atoms with Gasteiger partial charge in [-0.3, -0.25) is 4.79 Å². The molecule has 3 rings (SSSR count). The number of hydrogen-bond acceptors (Lipinski definition) is 4. The minimum absolute atomic E-state index is 0.0695. The highest BCUT2D eigenvalue weighted by Gasteiger charge is 2.20. The maximum atomic E-state index is 12.0. The van der Waals surface area contributed by atoms with Crippen molar-refractivity contribution >= 4 is 9.84 Å². The van der Waals surface area contributed by atoms with E-state index in [4.69, 9.17) is 4.74 Å². The first kappa shape index (κ1) is 17.7. The van der Waals surface area contributed by atoms with E-state index in [1.807, 2.05) is 0 Å². The maximum Gasteiger partial charge on any atom is 0.253 e. The van der Waals surface area contributed by atoms with Crippen molar-refractivity contribution in [3.63, 3.8) is 0 Å². The minimum atomic E-state index is -3.33. The van der Waals surface area contributed by atoms with Crippen LogP contribution < -0.4 is 10.3 Å². The van der Waals surface area contributed by atoms with Gasteiger partial charge >= 0.3 is 0 Å². The topological polar surface area (TPSA) is 65.4 Å². The Morgan fingerprint density at radius 1 is 1.24 bits per heavy atom. The molecule has 1 aliphatic carbocycles. The molecule has 0 saturated heterocycles. The van der Waals surface area contributed by atoms with Gasteiger partial charge in [0.15, 0.2) is 9.84 Å². The third-order valence-corrected chi connectivity index (χ3v) is 5.86. The number of aryl methyl sites for hydroxylation is 2. The van der Waals surface area contributed by atoms with E-state index in [9.17, 15) is 13.2 Å². The Morgan fingerprint density at radius 2 is 1.96 bits per heavy atom. The van der Waals surface area contributed by atoms with Crippen LogP contribution in [0.15, 0.2) is 40.2 Å². The summed E-state index contributed by atoms with van der Waals surface area (Å²) in [6.45, 7) is 2.39. The van der Waals surface area contributed by atoms with Gasteiger partial charge in [0.05, 0.1) is 11.5 Å². The molecule has 0 aliphatic heterocycles. The quantitative estimate of drug-likeness (QED) is 0.821. The predicted octanol–water partition coefficient (Wildman–Crippen LogP) is 2.94. The zero-order valence-corrected chi connectivity index (χ0v) is 15.6. The van der Waals surface area contributed by atoms with Crippen LogP contribution in [0.5, 0.6) is 5.75 Å². The molecule has 1 fully saturated rings. The fraction of sp³-hybridized carbons (Fsp3) is 0.421. The summed E-state index contributed by atoms with van der Waals surface area (Å²) in [5.74, 6) is 1.22. The van der Waals surface area contributed by atoms with Crippen LogP contribution in [0.25, 0.3) is 11.1 Å². The van der Waals surface area contributed by atoms with Crippen molar-refractivity contribution in [1.82, 2.24) is 4.57 Å². The van der Waals surface area contributed by atoms with E-state index in [2.05, 4.69) is 0 Å². The molecule has 5 nitrogen and oxygen atoms in total. The number of sulfone groups is 1. The van der Waals surface area contributed by atoms with Gasteiger partial charge < -0.3 is 9.30 Å². The summed E-state index contributed by atoms with van der Waals surface area (Å²) in [6, 6.07) is 6.69. The third kappa shape index (κ3) is 3.79. The Bertz CT molecular complexity index is 930. The van der Waals surface area contributed by atoms with Crippen LogP contribution >= 0.6 is 0 Å². The molecule has 1 heterocycles. The van der Waals surface area contributed by atoms with Gasteiger partial charge in [-0.1, -0.05) is 6.42 Å². The molecule has 0 atom stereocenters. The van der Waals surface area contributed by atoms with Crippen molar-refractivity contribution in [2.24, 2.45) is 13.0 Å². The van der Waals surface area contributed by atoms with Gasteiger partial charge in [0, 0.05) is 36.2 Å². The number of aromatic nitrogens is 1. The lowest BCUT2D eigenvalue weighted by Gasteiger charge is -2.26. The Morgan fingerprint density at radius 3 is 2.52 bits per heavy atom. The van der Waals surface area contributed by atoms with Crippen molar-refractivity contribution in [2.45, 2.75) is 31.1 Å². The second-order valence-corrected chi connectivity index (χ2v) is 8.88. The zero-order chi connectivity index (χ0) is 18.2. The molecule has 0 bridgehead atoms. The second kappa shape index (κ2) is 6.67. The minimum Gasteiger partial charge on any atom is -0.493 e. The number of ether oxygens (including phenoxy) is 1. The lowest BCUT2D eigenvalue weighted by molar-refractivity contribution is 0.181. The SMILES string of the molecule is Cc1cc(-c2cc(S(C)(=O)=O)ccc2OCC2CCC2)cn(C)c1=O. The number of rotatable bonds is 5. The van der Waals surface area contributed by atoms with E-state index >= 15 is 0 Å². The summed E-state index contributed by atoms with van der Waals surface area (Å²) >= 11 is 0. The van der Waals surface area contributed by atoms with Gasteiger partial charge in [-0.05, 0) is 49.9 Å². The molecule has 1 aromatic heterocycles. The molecule has 1 aromatic carbocycles. The largest absolute Gasteiger partial charge is 0.493 e. The van der Waals surface area contributed by atoms with Gasteiger partial charge in [-0.15, -0.1) is 0 Å². The Labute approximate surface area is 148 Å². The molecule has 1 aliphatic rings. The Kier molecular flexibility index (Phi) is 4.73. The number of benzene rings is 1. The lowest BCUT2D eigenvalue weighted by Crippen LogP contribution is -2.20. The summed E-state index contributed by atoms with van der Waals surface area (Å²) in [5, 5.41) is 0. The van der Waals surface area contributed by atoms with Crippen molar-refractivity contribution in [3.8, 4) is 16.9 Å². The summed E-state index contributed by atoms with van der Waals surface area (Å²) in [7, 11) is -1.64. The van der Waals surface area contributed by atoms with Gasteiger partial charge in [0.1, 0.15) is 5.75 Å². The molecule has 2 aromatic rings. The number of pyridine rings is 1. The van der Waals surface area contributed by atoms with E-state index < -0.39 is 9.84 Å². The van der Waals surface area contributed by atoms with E-state index in [-0.39, 0.29) is 10.5 Å². The van der Waals surface area contributed by atoms with E-state index in [0.29, 0.717) is 29.4 Å². The van der Waals surface area contributed by atoms with E-state index in [0.717, 1.165) is 5.56 Å². The summed E-state index contributed by atoms with van der Waals surface area (Å²) in [4.78, 5) is 12.2. The lowest BCUT2D eigenvalue weighted by atomic mass is 9.86. The Hall–Kier alpha value is -2.08. The first-order chi connectivity index (χ1) is 11.8. The van der Waals surface area contributed by atoms with Gasteiger partial charge in [0.25, 0.3) is 5.56 Å². The van der Waals surface area contributed by atoms with Crippen LogP contribution in [-0.4, -0.2) is 25.8 Å². The van der Waals surface area contributed by atoms with Crippen LogP contribution in [-0.2, 0) is 16.9 Å². The van der Waals surface area contributed by atoms with Crippen molar-refractivity contribution in [3.05, 3.63) is 46.4 Å². The van der Waals surface area contributed by atoms with Crippen LogP contribution in [0.1, 0.15) is 24.8 Å². The number of nitrogens with zero attached hydrogens (tertiary/aromatic N) is 1. The van der Waals surface area contributed by atoms with E-state index in [1.165, 1.54) is 30.1 Å². The van der Waals surface area contributed by atoms with E-state index in [1.54, 1.807) is 44.4 Å². The molecule has 0 N–H and O–H groups in total. The molecule has 25 heavy (non-hydrogen) atoms. The average molecular weight is 361 g/mol. The monoisotopic (exact) mass is 361 g/mol. The van der Waals surface area contributed by atoms with Gasteiger partial charge in [0.2, 0.25) is 0 Å². The highest BCUT2D eigenvalue weighted by atomic mass is 32.2. The van der Waals surface area contributed by atoms with Crippen molar-refractivity contribution in [1.29, 1.82) is 0 Å². The highest BCUT2D eigenvalue weighted by molar-refractivity contribution is 7.90. The smallest absolute Gasteiger partial charge is 0.253 e. The van der Waals surface area contributed by atoms with Crippen LogP contribution in [0, 0.1) is 12.8 Å². The average Bonchev–Trinajstić information content (AvgIpc) is 2.49. The first-order valence-corrected chi connectivity index (χ1v) is 10.3. The molecule has 0 spiro atoms. The molecule has 6 heteroatoms. The molecule has 0 amide bonds. The second-order valence-electron chi connectivity index (χ2n) is 6.87. The normalized spacial score (nSPS) is 15.0. The molecule has 1 saturated carbocycles. The fourth-order valence-electron chi connectivity index (χ4n) is 2.98. The van der Waals surface area contributed by atoms with Gasteiger partial charge in [-0.2, -0.15) is 0 Å². The molecule has 134 valence electrons. The fourth-order valence-corrected chi connectivity index (χ4v) is 3.63. The molecule has 0 unspecified atom stereocenters. The highest BCUT2D eigenvalue weighted by Crippen LogP contribution is 2.34. The van der Waals surface area contributed by atoms with Crippen LogP contribution in [0.2, 0.25) is 0 Å². The summed E-state index contributed by atoms with van der Waals surface area (Å²) in [6.07, 6.45) is 6.50. The summed E-state index contributed by atoms with van der Waals surface area (Å²) < 4.78 is 31.4. The predicted molar refractivity (Wildman–Crippen MR) is 97.8 cm³/mol. The molecular formula is C19H23NO4S. The molecular weight excluding hydrogens is 338 g/mol. The van der Waals surface area contributed by atoms with Crippen molar-refractivity contribution < 1.29 is 13.2 Å². The molecule has 0 radical (unpaired) electrons. The first-order valence-electron chi connectivity index (χ1n) is 8.40.